The van der Waals surface area contributed by atoms with Crippen LogP contribution < -0.4 is 50.2 Å². The lowest BCUT2D eigenvalue weighted by Crippen LogP contribution is -2.43. The molecule has 0 aromatic heterocycles. The molecule has 0 bridgehead atoms. The molecule has 5 N–H and O–H groups in total. The predicted octanol–water partition coefficient (Wildman–Crippen LogP) is 7.39. The number of amides is 5. The summed E-state index contributed by atoms with van der Waals surface area (Å²) in [4.78, 5) is 90.1. The molecule has 6 aromatic carbocycles. The molecule has 3 aliphatic rings. The lowest BCUT2D eigenvalue weighted by Gasteiger charge is -2.36. The van der Waals surface area contributed by atoms with Crippen molar-refractivity contribution in [3.8, 4) is 17.2 Å². The summed E-state index contributed by atoms with van der Waals surface area (Å²) in [6.07, 6.45) is 7.09. The van der Waals surface area contributed by atoms with Gasteiger partial charge in [-0.1, -0.05) is 36.4 Å². The summed E-state index contributed by atoms with van der Waals surface area (Å²) in [7, 11) is 15.0. The van der Waals surface area contributed by atoms with Crippen LogP contribution in [-0.2, 0) is 78.5 Å². The van der Waals surface area contributed by atoms with Crippen molar-refractivity contribution < 1.29 is 73.3 Å². The highest BCUT2D eigenvalue weighted by Crippen LogP contribution is 2.32. The molecule has 0 radical (unpaired) electrons. The third kappa shape index (κ3) is 31.3. The molecule has 0 unspecified atom stereocenters. The van der Waals surface area contributed by atoms with E-state index in [1.807, 2.05) is 31.3 Å². The number of hydrogen-bond donors (Lipinski definition) is 5. The molecule has 3 heterocycles. The monoisotopic (exact) mass is 1810 g/mol. The summed E-state index contributed by atoms with van der Waals surface area (Å²) in [6, 6.07) is 37.2. The number of nitrogens with zero attached hydrogens (tertiary/aromatic N) is 11. The van der Waals surface area contributed by atoms with Crippen molar-refractivity contribution in [2.75, 3.05) is 199 Å². The van der Waals surface area contributed by atoms with Gasteiger partial charge in [-0.3, -0.25) is 28.8 Å². The van der Waals surface area contributed by atoms with Gasteiger partial charge >= 0.3 is 5.97 Å². The average Bonchev–Trinajstić information content (AvgIpc) is 0.790. The van der Waals surface area contributed by atoms with E-state index in [0.29, 0.717) is 75.8 Å². The van der Waals surface area contributed by atoms with E-state index >= 15 is 0 Å². The van der Waals surface area contributed by atoms with Gasteiger partial charge in [-0.2, -0.15) is 12.9 Å². The van der Waals surface area contributed by atoms with Gasteiger partial charge in [-0.05, 0) is 252 Å². The third-order valence-corrected chi connectivity index (χ3v) is 28.3. The zero-order chi connectivity index (χ0) is 90.0. The van der Waals surface area contributed by atoms with Gasteiger partial charge in [-0.15, -0.1) is 24.8 Å². The second kappa shape index (κ2) is 49.7. The maximum atomic E-state index is 13.1. The van der Waals surface area contributed by atoms with Crippen LogP contribution >= 0.6 is 24.8 Å². The molecule has 0 atom stereocenters. The molecule has 0 aliphatic carbocycles. The van der Waals surface area contributed by atoms with Crippen LogP contribution in [0.4, 0.5) is 17.1 Å². The normalized spacial score (nSPS) is 14.1. The molecular weight excluding hydrogens is 1680 g/mol. The van der Waals surface area contributed by atoms with Gasteiger partial charge in [0.25, 0.3) is 0 Å². The summed E-state index contributed by atoms with van der Waals surface area (Å²) in [5, 5.41) is 18.9. The molecule has 6 aromatic rings. The molecule has 5 amide bonds. The number of piperidine rings is 3. The van der Waals surface area contributed by atoms with E-state index in [0.717, 1.165) is 88.5 Å². The third-order valence-electron chi connectivity index (χ3n) is 22.0. The first-order valence-corrected chi connectivity index (χ1v) is 44.8. The number of hydrogen-bond acceptors (Lipinski definition) is 22. The smallest absolute Gasteiger partial charge is 0.322 e. The van der Waals surface area contributed by atoms with Crippen LogP contribution in [0, 0.1) is 41.5 Å². The first-order chi connectivity index (χ1) is 56.9. The van der Waals surface area contributed by atoms with Gasteiger partial charge < -0.3 is 79.8 Å². The summed E-state index contributed by atoms with van der Waals surface area (Å²) in [5.74, 6) is -1.88. The number of aryl methyl sites for hydroxylation is 6. The first kappa shape index (κ1) is 106. The number of aliphatic carboxylic acids is 1. The standard InChI is InChI=1S/2C29H43N5O5S.C15H25N3.C14H20N2O6S.2ClH/c2*1-21-16-26(39-7)17-22(2)29(21)40(37,38)33(6)20-27(35)30-18-28(36)32(5)19-23-8-10-25(11-9-23)34-14-12-24(13-15-34)31(3)4;1-16-12-13-4-6-15(7-5-13)18-10-8-14(9-11-18)17(2)3;1-9-5-11(22-4)6-10(2)14(9)23(20,21)16(3)8-12(17)15-7-13(18)19;;/h2*8-11,16-17,24H,12-15,18-20H2,1-7H3,(H,30,35);4-7,14,16H,8-12H2,1-3H3;5-6H,7-8H2,1-4H3,(H,15,17)(H,18,19);2*1H. The Bertz CT molecular complexity index is 4530. The number of anilines is 3. The van der Waals surface area contributed by atoms with Gasteiger partial charge in [0.2, 0.25) is 59.6 Å². The van der Waals surface area contributed by atoms with E-state index < -0.39 is 79.9 Å². The Morgan fingerprint density at radius 2 is 0.610 bits per heavy atom. The molecule has 31 nitrogen and oxygen atoms in total. The topological polar surface area (TPSA) is 337 Å². The van der Waals surface area contributed by atoms with Crippen molar-refractivity contribution in [3.05, 3.63) is 159 Å². The molecule has 3 fully saturated rings. The first-order valence-electron chi connectivity index (χ1n) is 40.5. The Hall–Kier alpha value is -8.91. The van der Waals surface area contributed by atoms with Gasteiger partial charge in [0, 0.05) is 129 Å². The summed E-state index contributed by atoms with van der Waals surface area (Å²) in [6.45, 7) is 15.9. The number of nitrogens with one attached hydrogen (secondary N) is 4. The van der Waals surface area contributed by atoms with E-state index in [9.17, 15) is 54.0 Å². The number of rotatable bonds is 33. The lowest BCUT2D eigenvalue weighted by molar-refractivity contribution is -0.138. The van der Waals surface area contributed by atoms with Crippen LogP contribution in [0.5, 0.6) is 17.2 Å². The van der Waals surface area contributed by atoms with Crippen molar-refractivity contribution in [1.29, 1.82) is 0 Å². The van der Waals surface area contributed by atoms with Crippen LogP contribution in [-0.4, -0.2) is 306 Å². The maximum absolute atomic E-state index is 13.1. The quantitative estimate of drug-likeness (QED) is 0.0268. The van der Waals surface area contributed by atoms with Crippen LogP contribution in [0.15, 0.2) is 124 Å². The number of benzene rings is 6. The number of sulfonamides is 3. The number of methoxy groups -OCH3 is 3. The predicted molar refractivity (Wildman–Crippen MR) is 490 cm³/mol. The fourth-order valence-electron chi connectivity index (χ4n) is 14.9. The highest BCUT2D eigenvalue weighted by Gasteiger charge is 2.32. The Balaban J connectivity index is 0.000000359. The van der Waals surface area contributed by atoms with E-state index in [2.05, 4.69) is 141 Å². The van der Waals surface area contributed by atoms with Gasteiger partial charge in [0.15, 0.2) is 0 Å². The minimum absolute atomic E-state index is 0. The Morgan fingerprint density at radius 3 is 0.821 bits per heavy atom. The fourth-order valence-corrected chi connectivity index (χ4v) is 19.5. The number of carboxylic acids is 1. The van der Waals surface area contributed by atoms with E-state index in [1.165, 1.54) is 91.0 Å². The van der Waals surface area contributed by atoms with Crippen molar-refractivity contribution in [3.63, 3.8) is 0 Å². The number of likely N-dealkylation sites (N-methyl/N-ethyl adjacent to an activating group) is 5. The lowest BCUT2D eigenvalue weighted by atomic mass is 10.0. The number of halogens is 2. The highest BCUT2D eigenvalue weighted by molar-refractivity contribution is 7.89. The van der Waals surface area contributed by atoms with Crippen LogP contribution in [0.25, 0.3) is 0 Å². The Labute approximate surface area is 743 Å². The van der Waals surface area contributed by atoms with Crippen LogP contribution in [0.3, 0.4) is 0 Å². The van der Waals surface area contributed by atoms with Crippen molar-refractivity contribution >= 4 is 107 Å². The molecule has 0 spiro atoms. The zero-order valence-corrected chi connectivity index (χ0v) is 79.6. The highest BCUT2D eigenvalue weighted by atomic mass is 35.5. The average molecular weight is 1810 g/mol. The fraction of sp³-hybridized carbons (Fsp3) is 0.517. The molecule has 123 heavy (non-hydrogen) atoms. The Morgan fingerprint density at radius 1 is 0.382 bits per heavy atom. The number of carboxylic acid groups (broad SMARTS) is 1. The summed E-state index contributed by atoms with van der Waals surface area (Å²) in [5.41, 5.74) is 10.2. The second-order valence-electron chi connectivity index (χ2n) is 31.9. The molecule has 684 valence electrons. The molecule has 9 rings (SSSR count). The number of ether oxygens (including phenoxy) is 3. The van der Waals surface area contributed by atoms with Gasteiger partial charge in [-0.25, -0.2) is 25.3 Å². The van der Waals surface area contributed by atoms with Crippen molar-refractivity contribution in [2.45, 2.75) is 133 Å². The van der Waals surface area contributed by atoms with Gasteiger partial charge in [0.05, 0.1) is 68.7 Å². The largest absolute Gasteiger partial charge is 0.497 e. The van der Waals surface area contributed by atoms with E-state index in [4.69, 9.17) is 19.3 Å². The van der Waals surface area contributed by atoms with Crippen molar-refractivity contribution in [2.24, 2.45) is 0 Å². The minimum Gasteiger partial charge on any atom is -0.497 e. The Kier molecular flexibility index (Phi) is 43.0. The number of carbonyl (C=O) groups is 6. The van der Waals surface area contributed by atoms with Crippen molar-refractivity contribution in [1.82, 2.24) is 58.7 Å². The van der Waals surface area contributed by atoms with Crippen LogP contribution in [0.1, 0.15) is 88.6 Å². The molecule has 36 heteroatoms. The summed E-state index contributed by atoms with van der Waals surface area (Å²) >= 11 is 0. The molecule has 3 saturated heterocycles. The number of carbonyl (C=O) groups excluding carboxylic acids is 5. The van der Waals surface area contributed by atoms with E-state index in [1.54, 1.807) is 102 Å². The minimum atomic E-state index is -3.92. The summed E-state index contributed by atoms with van der Waals surface area (Å²) < 4.78 is 96.2. The SMILES string of the molecule is CNCc1ccc(N2CCC(N(C)C)CC2)cc1.COc1cc(C)c(S(=O)(=O)N(C)CC(=O)NCC(=O)N(C)Cc2ccc(N3CCC(N(C)C)CC3)cc2)c(C)c1.COc1cc(C)c(S(=O)(=O)N(C)CC(=O)NCC(=O)N(C)Cc2ccc(N3CCC(N(C)C)CC3)cc2)c(C)c1.COc1cc(C)c(S(=O)(=O)N(C)CC(=O)NCC(=O)O)c(C)c1.Cl.Cl. The van der Waals surface area contributed by atoms with Crippen LogP contribution in [0.2, 0.25) is 0 Å². The van der Waals surface area contributed by atoms with Gasteiger partial charge in [0.1, 0.15) is 23.8 Å². The molecule has 0 saturated carbocycles. The zero-order valence-electron chi connectivity index (χ0n) is 75.5. The van der Waals surface area contributed by atoms with E-state index in [-0.39, 0.29) is 64.4 Å². The molecule has 3 aliphatic heterocycles. The maximum Gasteiger partial charge on any atom is 0.322 e. The molecular formula is C87H133Cl2N15O16S3. The second-order valence-corrected chi connectivity index (χ2v) is 37.8.